The molecule has 0 fully saturated rings. The Labute approximate surface area is 110 Å². The fourth-order valence-corrected chi connectivity index (χ4v) is 1.75. The highest BCUT2D eigenvalue weighted by Crippen LogP contribution is 2.22. The van der Waals surface area contributed by atoms with Crippen LogP contribution >= 0.6 is 0 Å². The van der Waals surface area contributed by atoms with Crippen molar-refractivity contribution in [3.8, 4) is 17.0 Å². The Morgan fingerprint density at radius 3 is 2.68 bits per heavy atom. The van der Waals surface area contributed by atoms with Crippen LogP contribution in [-0.4, -0.2) is 28.0 Å². The van der Waals surface area contributed by atoms with Crippen LogP contribution in [0.4, 0.5) is 0 Å². The molecule has 0 radical (unpaired) electrons. The molecule has 5 nitrogen and oxygen atoms in total. The van der Waals surface area contributed by atoms with Crippen molar-refractivity contribution in [2.24, 2.45) is 0 Å². The zero-order chi connectivity index (χ0) is 13.8. The number of benzene rings is 1. The van der Waals surface area contributed by atoms with Gasteiger partial charge in [-0.1, -0.05) is 6.08 Å². The Bertz CT molecular complexity index is 600. The van der Waals surface area contributed by atoms with Gasteiger partial charge in [-0.3, -0.25) is 4.68 Å². The molecule has 1 aromatic carbocycles. The largest absolute Gasteiger partial charge is 0.497 e. The van der Waals surface area contributed by atoms with E-state index in [0.717, 1.165) is 11.3 Å². The van der Waals surface area contributed by atoms with E-state index in [1.54, 1.807) is 19.3 Å². The molecule has 0 atom stereocenters. The van der Waals surface area contributed by atoms with E-state index >= 15 is 0 Å². The molecular formula is C14H14N2O3. The number of hydrogen-bond donors (Lipinski definition) is 1. The SMILES string of the molecule is C=CCn1nc(-c2ccc(OC)cc2)cc1C(=O)O. The first kappa shape index (κ1) is 12.9. The van der Waals surface area contributed by atoms with Gasteiger partial charge in [-0.2, -0.15) is 5.10 Å². The van der Waals surface area contributed by atoms with Crippen molar-refractivity contribution in [2.75, 3.05) is 7.11 Å². The normalized spacial score (nSPS) is 10.2. The van der Waals surface area contributed by atoms with Crippen LogP contribution in [0.2, 0.25) is 0 Å². The van der Waals surface area contributed by atoms with Crippen molar-refractivity contribution in [3.05, 3.63) is 48.7 Å². The Morgan fingerprint density at radius 1 is 1.47 bits per heavy atom. The third-order valence-electron chi connectivity index (χ3n) is 2.69. The molecule has 2 rings (SSSR count). The zero-order valence-electron chi connectivity index (χ0n) is 10.5. The van der Waals surface area contributed by atoms with Crippen LogP contribution in [0, 0.1) is 0 Å². The lowest BCUT2D eigenvalue weighted by Gasteiger charge is -2.00. The summed E-state index contributed by atoms with van der Waals surface area (Å²) < 4.78 is 6.49. The van der Waals surface area contributed by atoms with Crippen LogP contribution in [0.5, 0.6) is 5.75 Å². The van der Waals surface area contributed by atoms with Gasteiger partial charge in [0.1, 0.15) is 11.4 Å². The van der Waals surface area contributed by atoms with Crippen molar-refractivity contribution in [3.63, 3.8) is 0 Å². The second-order valence-corrected chi connectivity index (χ2v) is 3.92. The van der Waals surface area contributed by atoms with E-state index in [1.807, 2.05) is 24.3 Å². The standard InChI is InChI=1S/C14H14N2O3/c1-3-8-16-13(14(17)18)9-12(15-16)10-4-6-11(19-2)7-5-10/h3-7,9H,1,8H2,2H3,(H,17,18). The molecule has 0 unspecified atom stereocenters. The van der Waals surface area contributed by atoms with E-state index in [0.29, 0.717) is 12.2 Å². The summed E-state index contributed by atoms with van der Waals surface area (Å²) in [4.78, 5) is 11.1. The monoisotopic (exact) mass is 258 g/mol. The van der Waals surface area contributed by atoms with Crippen molar-refractivity contribution in [1.29, 1.82) is 0 Å². The molecule has 0 spiro atoms. The van der Waals surface area contributed by atoms with Crippen molar-refractivity contribution >= 4 is 5.97 Å². The molecule has 5 heteroatoms. The topological polar surface area (TPSA) is 64.4 Å². The maximum Gasteiger partial charge on any atom is 0.354 e. The van der Waals surface area contributed by atoms with Crippen molar-refractivity contribution in [2.45, 2.75) is 6.54 Å². The smallest absolute Gasteiger partial charge is 0.354 e. The van der Waals surface area contributed by atoms with Crippen LogP contribution < -0.4 is 4.74 Å². The molecule has 98 valence electrons. The summed E-state index contributed by atoms with van der Waals surface area (Å²) in [6.07, 6.45) is 1.61. The zero-order valence-corrected chi connectivity index (χ0v) is 10.5. The first-order valence-electron chi connectivity index (χ1n) is 5.72. The van der Waals surface area contributed by atoms with Crippen molar-refractivity contribution in [1.82, 2.24) is 9.78 Å². The number of carbonyl (C=O) groups is 1. The van der Waals surface area contributed by atoms with E-state index in [4.69, 9.17) is 9.84 Å². The molecule has 0 aliphatic rings. The van der Waals surface area contributed by atoms with Gasteiger partial charge >= 0.3 is 5.97 Å². The molecule has 0 amide bonds. The van der Waals surface area contributed by atoms with Gasteiger partial charge in [0.25, 0.3) is 0 Å². The minimum atomic E-state index is -1.01. The number of methoxy groups -OCH3 is 1. The second-order valence-electron chi connectivity index (χ2n) is 3.92. The molecule has 19 heavy (non-hydrogen) atoms. The lowest BCUT2D eigenvalue weighted by Crippen LogP contribution is -2.08. The molecule has 2 aromatic rings. The Balaban J connectivity index is 2.41. The number of carboxylic acid groups (broad SMARTS) is 1. The Morgan fingerprint density at radius 2 is 2.16 bits per heavy atom. The number of aromatic nitrogens is 2. The molecule has 1 heterocycles. The van der Waals surface area contributed by atoms with Gasteiger partial charge in [0.2, 0.25) is 0 Å². The second kappa shape index (κ2) is 5.39. The number of nitrogens with zero attached hydrogens (tertiary/aromatic N) is 2. The van der Waals surface area contributed by atoms with Gasteiger partial charge in [0.05, 0.1) is 19.3 Å². The third-order valence-corrected chi connectivity index (χ3v) is 2.69. The Kier molecular flexibility index (Phi) is 3.66. The predicted molar refractivity (Wildman–Crippen MR) is 71.4 cm³/mol. The number of aromatic carboxylic acids is 1. The molecule has 1 aromatic heterocycles. The van der Waals surface area contributed by atoms with E-state index < -0.39 is 5.97 Å². The van der Waals surface area contributed by atoms with Crippen molar-refractivity contribution < 1.29 is 14.6 Å². The quantitative estimate of drug-likeness (QED) is 0.836. The number of allylic oxidation sites excluding steroid dienone is 1. The van der Waals surface area contributed by atoms with Gasteiger partial charge < -0.3 is 9.84 Å². The van der Waals surface area contributed by atoms with Crippen LogP contribution in [0.25, 0.3) is 11.3 Å². The summed E-state index contributed by atoms with van der Waals surface area (Å²) >= 11 is 0. The lowest BCUT2D eigenvalue weighted by atomic mass is 10.1. The van der Waals surface area contributed by atoms with E-state index in [2.05, 4.69) is 11.7 Å². The van der Waals surface area contributed by atoms with E-state index in [1.165, 1.54) is 4.68 Å². The fraction of sp³-hybridized carbons (Fsp3) is 0.143. The molecule has 0 saturated carbocycles. The fourth-order valence-electron chi connectivity index (χ4n) is 1.75. The molecule has 0 aliphatic carbocycles. The lowest BCUT2D eigenvalue weighted by molar-refractivity contribution is 0.0684. The summed E-state index contributed by atoms with van der Waals surface area (Å²) in [6, 6.07) is 8.84. The average Bonchev–Trinajstić information content (AvgIpc) is 2.83. The Hall–Kier alpha value is -2.56. The molecule has 0 aliphatic heterocycles. The highest BCUT2D eigenvalue weighted by Gasteiger charge is 2.14. The molecule has 1 N–H and O–H groups in total. The molecule has 0 bridgehead atoms. The summed E-state index contributed by atoms with van der Waals surface area (Å²) in [7, 11) is 1.59. The van der Waals surface area contributed by atoms with Crippen LogP contribution in [0.3, 0.4) is 0 Å². The highest BCUT2D eigenvalue weighted by atomic mass is 16.5. The number of hydrogen-bond acceptors (Lipinski definition) is 3. The van der Waals surface area contributed by atoms with Crippen LogP contribution in [0.15, 0.2) is 43.0 Å². The number of rotatable bonds is 5. The van der Waals surface area contributed by atoms with Gasteiger partial charge in [-0.05, 0) is 30.3 Å². The number of ether oxygens (including phenoxy) is 1. The maximum absolute atomic E-state index is 11.1. The van der Waals surface area contributed by atoms with Crippen LogP contribution in [-0.2, 0) is 6.54 Å². The minimum Gasteiger partial charge on any atom is -0.497 e. The van der Waals surface area contributed by atoms with Gasteiger partial charge in [-0.25, -0.2) is 4.79 Å². The van der Waals surface area contributed by atoms with Gasteiger partial charge in [0, 0.05) is 5.56 Å². The predicted octanol–water partition coefficient (Wildman–Crippen LogP) is 2.44. The van der Waals surface area contributed by atoms with E-state index in [-0.39, 0.29) is 5.69 Å². The molecule has 0 saturated heterocycles. The summed E-state index contributed by atoms with van der Waals surface area (Å²) in [5.74, 6) is -0.262. The average molecular weight is 258 g/mol. The third kappa shape index (κ3) is 2.65. The maximum atomic E-state index is 11.1. The summed E-state index contributed by atoms with van der Waals surface area (Å²) in [5.41, 5.74) is 1.60. The molecular weight excluding hydrogens is 244 g/mol. The van der Waals surface area contributed by atoms with Crippen LogP contribution in [0.1, 0.15) is 10.5 Å². The summed E-state index contributed by atoms with van der Waals surface area (Å²) in [6.45, 7) is 3.95. The van der Waals surface area contributed by atoms with Gasteiger partial charge in [-0.15, -0.1) is 6.58 Å². The van der Waals surface area contributed by atoms with Gasteiger partial charge in [0.15, 0.2) is 0 Å². The highest BCUT2D eigenvalue weighted by molar-refractivity contribution is 5.87. The minimum absolute atomic E-state index is 0.144. The van der Waals surface area contributed by atoms with E-state index in [9.17, 15) is 4.79 Å². The first-order valence-corrected chi connectivity index (χ1v) is 5.72. The first-order chi connectivity index (χ1) is 9.15. The number of carboxylic acids is 1. The summed E-state index contributed by atoms with van der Waals surface area (Å²) in [5, 5.41) is 13.4.